The monoisotopic (exact) mass is 216 g/mol. The van der Waals surface area contributed by atoms with Crippen LogP contribution in [0.2, 0.25) is 0 Å². The van der Waals surface area contributed by atoms with E-state index in [9.17, 15) is 0 Å². The van der Waals surface area contributed by atoms with Crippen LogP contribution in [-0.2, 0) is 12.8 Å². The van der Waals surface area contributed by atoms with Gasteiger partial charge in [0.05, 0.1) is 0 Å². The first kappa shape index (κ1) is 10.3. The molecule has 2 nitrogen and oxygen atoms in total. The SMILES string of the molecule is CN1CC2Cc3ccccc3CC1CN2C. The second-order valence-electron chi connectivity index (χ2n) is 5.36. The molecule has 0 N–H and O–H groups in total. The Morgan fingerprint density at radius 2 is 1.31 bits per heavy atom. The lowest BCUT2D eigenvalue weighted by molar-refractivity contribution is 0.0584. The van der Waals surface area contributed by atoms with E-state index in [4.69, 9.17) is 0 Å². The van der Waals surface area contributed by atoms with Crippen molar-refractivity contribution in [1.82, 2.24) is 9.80 Å². The Labute approximate surface area is 97.9 Å². The molecule has 0 saturated carbocycles. The molecule has 0 spiro atoms. The van der Waals surface area contributed by atoms with Crippen LogP contribution in [0.4, 0.5) is 0 Å². The van der Waals surface area contributed by atoms with Crippen molar-refractivity contribution in [3.8, 4) is 0 Å². The molecule has 4 rings (SSSR count). The molecular formula is C14H20N2. The molecule has 1 aromatic carbocycles. The van der Waals surface area contributed by atoms with Crippen LogP contribution in [0.15, 0.2) is 24.3 Å². The van der Waals surface area contributed by atoms with Gasteiger partial charge in [-0.25, -0.2) is 0 Å². The van der Waals surface area contributed by atoms with Crippen LogP contribution >= 0.6 is 0 Å². The van der Waals surface area contributed by atoms with Crippen molar-refractivity contribution in [2.24, 2.45) is 0 Å². The van der Waals surface area contributed by atoms with Gasteiger partial charge in [-0.2, -0.15) is 0 Å². The van der Waals surface area contributed by atoms with Crippen molar-refractivity contribution in [3.05, 3.63) is 35.4 Å². The highest BCUT2D eigenvalue weighted by Crippen LogP contribution is 2.25. The number of benzene rings is 1. The zero-order valence-electron chi connectivity index (χ0n) is 10.2. The van der Waals surface area contributed by atoms with Crippen LogP contribution in [-0.4, -0.2) is 49.1 Å². The summed E-state index contributed by atoms with van der Waals surface area (Å²) >= 11 is 0. The van der Waals surface area contributed by atoms with Crippen molar-refractivity contribution in [2.45, 2.75) is 24.9 Å². The Balaban J connectivity index is 1.99. The standard InChI is InChI=1S/C14H20N2/c1-15-9-14-8-12-6-4-3-5-11(12)7-13(15)10-16(14)2/h3-6,13-14H,7-10H2,1-2H3. The van der Waals surface area contributed by atoms with E-state index in [0.29, 0.717) is 12.1 Å². The third kappa shape index (κ3) is 1.66. The van der Waals surface area contributed by atoms with Crippen molar-refractivity contribution in [3.63, 3.8) is 0 Å². The van der Waals surface area contributed by atoms with Gasteiger partial charge >= 0.3 is 0 Å². The van der Waals surface area contributed by atoms with Crippen LogP contribution in [0.5, 0.6) is 0 Å². The summed E-state index contributed by atoms with van der Waals surface area (Å²) in [4.78, 5) is 5.08. The van der Waals surface area contributed by atoms with Crippen molar-refractivity contribution in [2.75, 3.05) is 27.2 Å². The number of hydrogen-bond acceptors (Lipinski definition) is 2. The summed E-state index contributed by atoms with van der Waals surface area (Å²) in [5.74, 6) is 0. The summed E-state index contributed by atoms with van der Waals surface area (Å²) < 4.78 is 0. The zero-order chi connectivity index (χ0) is 11.1. The summed E-state index contributed by atoms with van der Waals surface area (Å²) in [6.45, 7) is 2.44. The third-order valence-corrected chi connectivity index (χ3v) is 4.27. The Morgan fingerprint density at radius 3 is 1.75 bits per heavy atom. The summed E-state index contributed by atoms with van der Waals surface area (Å²) in [7, 11) is 4.55. The zero-order valence-corrected chi connectivity index (χ0v) is 10.2. The Bertz CT molecular complexity index is 351. The topological polar surface area (TPSA) is 6.48 Å². The first-order valence-electron chi connectivity index (χ1n) is 6.21. The van der Waals surface area contributed by atoms with Gasteiger partial charge in [-0.15, -0.1) is 0 Å². The van der Waals surface area contributed by atoms with Gasteiger partial charge in [0, 0.05) is 25.2 Å². The van der Waals surface area contributed by atoms with E-state index >= 15 is 0 Å². The van der Waals surface area contributed by atoms with Crippen LogP contribution in [0, 0.1) is 0 Å². The molecule has 0 aliphatic carbocycles. The smallest absolute Gasteiger partial charge is 0.0261 e. The maximum atomic E-state index is 2.54. The van der Waals surface area contributed by atoms with Crippen LogP contribution in [0.1, 0.15) is 11.1 Å². The number of nitrogens with zero attached hydrogens (tertiary/aromatic N) is 2. The quantitative estimate of drug-likeness (QED) is 0.647. The van der Waals surface area contributed by atoms with Crippen LogP contribution < -0.4 is 0 Å². The second-order valence-corrected chi connectivity index (χ2v) is 5.36. The van der Waals surface area contributed by atoms with Gasteiger partial charge in [-0.1, -0.05) is 24.3 Å². The second kappa shape index (κ2) is 3.86. The molecule has 2 unspecified atom stereocenters. The summed E-state index contributed by atoms with van der Waals surface area (Å²) in [5, 5.41) is 0. The predicted octanol–water partition coefficient (Wildman–Crippen LogP) is 1.40. The van der Waals surface area contributed by atoms with Crippen molar-refractivity contribution >= 4 is 0 Å². The molecule has 2 bridgehead atoms. The molecule has 2 atom stereocenters. The number of piperazine rings is 1. The van der Waals surface area contributed by atoms with E-state index < -0.39 is 0 Å². The fourth-order valence-electron chi connectivity index (χ4n) is 3.15. The average molecular weight is 216 g/mol. The molecule has 1 fully saturated rings. The molecule has 3 aliphatic heterocycles. The minimum atomic E-state index is 0.697. The molecule has 1 aromatic rings. The molecule has 1 saturated heterocycles. The van der Waals surface area contributed by atoms with Gasteiger partial charge in [0.2, 0.25) is 0 Å². The molecule has 0 amide bonds. The minimum Gasteiger partial charge on any atom is -0.300 e. The van der Waals surface area contributed by atoms with E-state index in [2.05, 4.69) is 48.2 Å². The van der Waals surface area contributed by atoms with E-state index in [0.717, 1.165) is 0 Å². The fraction of sp³-hybridized carbons (Fsp3) is 0.571. The summed E-state index contributed by atoms with van der Waals surface area (Å²) in [6.07, 6.45) is 2.42. The van der Waals surface area contributed by atoms with E-state index in [1.54, 1.807) is 11.1 Å². The largest absolute Gasteiger partial charge is 0.300 e. The molecule has 3 heterocycles. The third-order valence-electron chi connectivity index (χ3n) is 4.27. The van der Waals surface area contributed by atoms with Gasteiger partial charge in [0.1, 0.15) is 0 Å². The maximum absolute atomic E-state index is 2.54. The molecule has 3 aliphatic rings. The molecule has 16 heavy (non-hydrogen) atoms. The van der Waals surface area contributed by atoms with Gasteiger partial charge in [0.25, 0.3) is 0 Å². The molecule has 0 radical (unpaired) electrons. The van der Waals surface area contributed by atoms with Gasteiger partial charge in [-0.05, 0) is 38.1 Å². The van der Waals surface area contributed by atoms with Gasteiger partial charge < -0.3 is 9.80 Å². The molecular weight excluding hydrogens is 196 g/mol. The van der Waals surface area contributed by atoms with Crippen molar-refractivity contribution in [1.29, 1.82) is 0 Å². The van der Waals surface area contributed by atoms with E-state index in [-0.39, 0.29) is 0 Å². The van der Waals surface area contributed by atoms with E-state index in [1.807, 2.05) is 0 Å². The summed E-state index contributed by atoms with van der Waals surface area (Å²) in [5.41, 5.74) is 3.13. The first-order chi connectivity index (χ1) is 7.74. The predicted molar refractivity (Wildman–Crippen MR) is 66.7 cm³/mol. The summed E-state index contributed by atoms with van der Waals surface area (Å²) in [6, 6.07) is 10.4. The van der Waals surface area contributed by atoms with Gasteiger partial charge in [0.15, 0.2) is 0 Å². The lowest BCUT2D eigenvalue weighted by Crippen LogP contribution is -2.58. The van der Waals surface area contributed by atoms with Crippen LogP contribution in [0.25, 0.3) is 0 Å². The van der Waals surface area contributed by atoms with Gasteiger partial charge in [-0.3, -0.25) is 0 Å². The fourth-order valence-corrected chi connectivity index (χ4v) is 3.15. The van der Waals surface area contributed by atoms with Crippen LogP contribution in [0.3, 0.4) is 0 Å². The lowest BCUT2D eigenvalue weighted by atomic mass is 9.88. The highest BCUT2D eigenvalue weighted by molar-refractivity contribution is 5.30. The normalized spacial score (nSPS) is 30.9. The Morgan fingerprint density at radius 1 is 0.875 bits per heavy atom. The molecule has 86 valence electrons. The highest BCUT2D eigenvalue weighted by Gasteiger charge is 2.32. The number of likely N-dealkylation sites (N-methyl/N-ethyl adjacent to an activating group) is 2. The minimum absolute atomic E-state index is 0.697. The van der Waals surface area contributed by atoms with Crippen molar-refractivity contribution < 1.29 is 0 Å². The lowest BCUT2D eigenvalue weighted by Gasteiger charge is -2.45. The Hall–Kier alpha value is -0.860. The number of rotatable bonds is 0. The maximum Gasteiger partial charge on any atom is 0.0261 e. The molecule has 0 aromatic heterocycles. The number of hydrogen-bond donors (Lipinski definition) is 0. The van der Waals surface area contributed by atoms with E-state index in [1.165, 1.54) is 25.9 Å². The molecule has 2 heteroatoms. The average Bonchev–Trinajstić information content (AvgIpc) is 2.24. The highest BCUT2D eigenvalue weighted by atomic mass is 15.3. The number of fused-ring (bicyclic) bond motifs is 2. The first-order valence-corrected chi connectivity index (χ1v) is 6.21. The Kier molecular flexibility index (Phi) is 2.49.